The lowest BCUT2D eigenvalue weighted by Crippen LogP contribution is -2.38. The van der Waals surface area contributed by atoms with E-state index in [-0.39, 0.29) is 28.8 Å². The number of nitrogens with one attached hydrogen (secondary N) is 2. The molecule has 0 unspecified atom stereocenters. The van der Waals surface area contributed by atoms with Gasteiger partial charge in [-0.3, -0.25) is 9.36 Å². The third kappa shape index (κ3) is 6.44. The van der Waals surface area contributed by atoms with Gasteiger partial charge in [-0.05, 0) is 87.6 Å². The smallest absolute Gasteiger partial charge is 0.393 e. The van der Waals surface area contributed by atoms with Crippen LogP contribution < -0.4 is 10.6 Å². The van der Waals surface area contributed by atoms with Crippen molar-refractivity contribution >= 4 is 46.2 Å². The molecule has 2 fully saturated rings. The molecule has 3 aromatic rings. The highest BCUT2D eigenvalue weighted by atomic mass is 35.5. The minimum Gasteiger partial charge on any atom is -0.393 e. The lowest BCUT2D eigenvalue weighted by atomic mass is 9.86. The van der Waals surface area contributed by atoms with Gasteiger partial charge >= 0.3 is 6.18 Å². The van der Waals surface area contributed by atoms with Crippen LogP contribution in [-0.4, -0.2) is 44.2 Å². The molecule has 2 aliphatic rings. The minimum absolute atomic E-state index is 0.00970. The number of aromatic nitrogens is 3. The van der Waals surface area contributed by atoms with Crippen molar-refractivity contribution < 1.29 is 23.1 Å². The summed E-state index contributed by atoms with van der Waals surface area (Å²) in [5, 5.41) is 16.7. The number of imidazole rings is 1. The highest BCUT2D eigenvalue weighted by Gasteiger charge is 2.32. The summed E-state index contributed by atoms with van der Waals surface area (Å²) < 4.78 is 41.3. The second kappa shape index (κ2) is 11.5. The van der Waals surface area contributed by atoms with Crippen molar-refractivity contribution in [3.63, 3.8) is 0 Å². The first-order valence-corrected chi connectivity index (χ1v) is 14.0. The van der Waals surface area contributed by atoms with Gasteiger partial charge in [-0.15, -0.1) is 0 Å². The number of pyridine rings is 1. The van der Waals surface area contributed by atoms with E-state index >= 15 is 0 Å². The Morgan fingerprint density at radius 1 is 1.00 bits per heavy atom. The molecule has 7 nitrogen and oxygen atoms in total. The SMILES string of the molecule is O=C(NC1CCC(CNc2nc3ccc(Cl)nc3n2C2CCC(O)CC2)CC1)c1cc(C(F)(F)F)ccc1Cl. The molecule has 2 heterocycles. The summed E-state index contributed by atoms with van der Waals surface area (Å²) in [5.41, 5.74) is 0.414. The van der Waals surface area contributed by atoms with Crippen LogP contribution in [0.3, 0.4) is 0 Å². The standard InChI is InChI=1S/C27H30Cl2F3N5O2/c28-21-10-3-16(27(30,31)32)13-20(21)25(39)34-17-4-1-15(2-5-17)14-33-26-35-22-11-12-23(29)36-24(22)37(26)18-6-8-19(38)9-7-18/h3,10-13,15,17-19,38H,1-2,4-9,14H2,(H,33,35)(H,34,39). The van der Waals surface area contributed by atoms with Crippen LogP contribution in [-0.2, 0) is 6.18 Å². The van der Waals surface area contributed by atoms with Crippen molar-refractivity contribution in [1.29, 1.82) is 0 Å². The molecule has 39 heavy (non-hydrogen) atoms. The van der Waals surface area contributed by atoms with Gasteiger partial charge in [0, 0.05) is 18.6 Å². The van der Waals surface area contributed by atoms with Gasteiger partial charge in [0.1, 0.15) is 10.7 Å². The van der Waals surface area contributed by atoms with Crippen molar-refractivity contribution in [3.8, 4) is 0 Å². The molecule has 2 aliphatic carbocycles. The zero-order valence-electron chi connectivity index (χ0n) is 21.1. The number of aliphatic hydroxyl groups excluding tert-OH is 1. The molecular formula is C27H30Cl2F3N5O2. The third-order valence-corrected chi connectivity index (χ3v) is 8.34. The maximum absolute atomic E-state index is 13.1. The van der Waals surface area contributed by atoms with Crippen LogP contribution >= 0.6 is 23.2 Å². The number of carbonyl (C=O) groups excluding carboxylic acids is 1. The lowest BCUT2D eigenvalue weighted by molar-refractivity contribution is -0.137. The number of hydrogen-bond acceptors (Lipinski definition) is 5. The molecule has 0 bridgehead atoms. The molecule has 1 aromatic carbocycles. The largest absolute Gasteiger partial charge is 0.416 e. The van der Waals surface area contributed by atoms with E-state index in [0.29, 0.717) is 30.5 Å². The number of fused-ring (bicyclic) bond motifs is 1. The topological polar surface area (TPSA) is 92.1 Å². The van der Waals surface area contributed by atoms with E-state index in [4.69, 9.17) is 28.2 Å². The van der Waals surface area contributed by atoms with E-state index in [1.54, 1.807) is 6.07 Å². The maximum Gasteiger partial charge on any atom is 0.416 e. The van der Waals surface area contributed by atoms with Crippen molar-refractivity contribution in [2.75, 3.05) is 11.9 Å². The number of benzene rings is 1. The fourth-order valence-corrected chi connectivity index (χ4v) is 5.97. The second-order valence-corrected chi connectivity index (χ2v) is 11.3. The summed E-state index contributed by atoms with van der Waals surface area (Å²) in [7, 11) is 0. The zero-order valence-corrected chi connectivity index (χ0v) is 22.7. The van der Waals surface area contributed by atoms with Gasteiger partial charge < -0.3 is 15.7 Å². The van der Waals surface area contributed by atoms with Gasteiger partial charge in [-0.2, -0.15) is 13.2 Å². The molecule has 3 N–H and O–H groups in total. The van der Waals surface area contributed by atoms with E-state index < -0.39 is 17.6 Å². The lowest BCUT2D eigenvalue weighted by Gasteiger charge is -2.30. The van der Waals surface area contributed by atoms with Crippen molar-refractivity contribution in [1.82, 2.24) is 19.9 Å². The Balaban J connectivity index is 1.20. The predicted octanol–water partition coefficient (Wildman–Crippen LogP) is 6.63. The van der Waals surface area contributed by atoms with Crippen LogP contribution in [0.15, 0.2) is 30.3 Å². The van der Waals surface area contributed by atoms with Crippen molar-refractivity contribution in [2.24, 2.45) is 5.92 Å². The first kappa shape index (κ1) is 28.0. The van der Waals surface area contributed by atoms with E-state index in [2.05, 4.69) is 20.2 Å². The van der Waals surface area contributed by atoms with E-state index in [1.165, 1.54) is 0 Å². The quantitative estimate of drug-likeness (QED) is 0.283. The van der Waals surface area contributed by atoms with Crippen LogP contribution in [0, 0.1) is 5.92 Å². The summed E-state index contributed by atoms with van der Waals surface area (Å²) in [4.78, 5) is 22.0. The third-order valence-electron chi connectivity index (χ3n) is 7.80. The van der Waals surface area contributed by atoms with Crippen LogP contribution in [0.2, 0.25) is 10.2 Å². The Kier molecular flexibility index (Phi) is 8.26. The summed E-state index contributed by atoms with van der Waals surface area (Å²) in [5.74, 6) is 0.481. The Labute approximate surface area is 234 Å². The molecule has 0 radical (unpaired) electrons. The number of rotatable bonds is 6. The van der Waals surface area contributed by atoms with Gasteiger partial charge in [-0.1, -0.05) is 23.2 Å². The molecule has 0 saturated heterocycles. The number of hydrogen-bond donors (Lipinski definition) is 3. The number of anilines is 1. The fourth-order valence-electron chi connectivity index (χ4n) is 5.62. The van der Waals surface area contributed by atoms with Crippen LogP contribution in [0.25, 0.3) is 11.2 Å². The summed E-state index contributed by atoms with van der Waals surface area (Å²) >= 11 is 12.2. The number of amides is 1. The molecule has 210 valence electrons. The maximum atomic E-state index is 13.1. The van der Waals surface area contributed by atoms with E-state index in [9.17, 15) is 23.1 Å². The van der Waals surface area contributed by atoms with Gasteiger partial charge in [0.15, 0.2) is 5.65 Å². The first-order valence-electron chi connectivity index (χ1n) is 13.2. The number of alkyl halides is 3. The first-order chi connectivity index (χ1) is 18.6. The summed E-state index contributed by atoms with van der Waals surface area (Å²) in [6.45, 7) is 0.687. The fraction of sp³-hybridized carbons (Fsp3) is 0.519. The van der Waals surface area contributed by atoms with E-state index in [1.807, 2.05) is 6.07 Å². The van der Waals surface area contributed by atoms with Crippen molar-refractivity contribution in [3.05, 3.63) is 51.6 Å². The minimum atomic E-state index is -4.55. The van der Waals surface area contributed by atoms with Gasteiger partial charge in [-0.25, -0.2) is 9.97 Å². The number of carbonyl (C=O) groups is 1. The summed E-state index contributed by atoms with van der Waals surface area (Å²) in [6.07, 6.45) is 1.40. The average Bonchev–Trinajstić information content (AvgIpc) is 3.25. The molecule has 0 aliphatic heterocycles. The average molecular weight is 584 g/mol. The Morgan fingerprint density at radius 2 is 1.72 bits per heavy atom. The molecule has 0 spiro atoms. The molecule has 2 aromatic heterocycles. The zero-order chi connectivity index (χ0) is 27.7. The van der Waals surface area contributed by atoms with Crippen molar-refractivity contribution in [2.45, 2.75) is 75.7 Å². The van der Waals surface area contributed by atoms with Gasteiger partial charge in [0.25, 0.3) is 5.91 Å². The Bertz CT molecular complexity index is 1330. The highest BCUT2D eigenvalue weighted by Crippen LogP contribution is 2.35. The van der Waals surface area contributed by atoms with Gasteiger partial charge in [0.2, 0.25) is 5.95 Å². The summed E-state index contributed by atoms with van der Waals surface area (Å²) in [6, 6.07) is 6.38. The van der Waals surface area contributed by atoms with Crippen LogP contribution in [0.1, 0.15) is 73.3 Å². The van der Waals surface area contributed by atoms with E-state index in [0.717, 1.165) is 73.8 Å². The Hall–Kier alpha value is -2.56. The molecule has 2 saturated carbocycles. The monoisotopic (exact) mass is 583 g/mol. The van der Waals surface area contributed by atoms with Gasteiger partial charge in [0.05, 0.1) is 22.3 Å². The molecular weight excluding hydrogens is 554 g/mol. The molecule has 5 rings (SSSR count). The molecule has 0 atom stereocenters. The number of aliphatic hydroxyl groups is 1. The molecule has 1 amide bonds. The van der Waals surface area contributed by atoms with Crippen LogP contribution in [0.5, 0.6) is 0 Å². The number of halogens is 5. The van der Waals surface area contributed by atoms with Crippen LogP contribution in [0.4, 0.5) is 19.1 Å². The Morgan fingerprint density at radius 3 is 2.41 bits per heavy atom. The predicted molar refractivity (Wildman–Crippen MR) is 144 cm³/mol. The molecule has 12 heteroatoms. The second-order valence-electron chi connectivity index (χ2n) is 10.5. The highest BCUT2D eigenvalue weighted by molar-refractivity contribution is 6.33. The normalized spacial score (nSPS) is 24.1. The number of nitrogens with zero attached hydrogens (tertiary/aromatic N) is 3.